The number of Topliss-reactive ketones (excluding diaryl/α,β-unsaturated/α-hetero) is 1. The second-order valence-corrected chi connectivity index (χ2v) is 6.36. The Morgan fingerprint density at radius 1 is 1.12 bits per heavy atom. The highest BCUT2D eigenvalue weighted by Crippen LogP contribution is 2.23. The van der Waals surface area contributed by atoms with Gasteiger partial charge >= 0.3 is 0 Å². The van der Waals surface area contributed by atoms with Gasteiger partial charge in [-0.25, -0.2) is 4.98 Å². The molecule has 2 heterocycles. The van der Waals surface area contributed by atoms with Crippen LogP contribution in [-0.4, -0.2) is 19.9 Å². The molecule has 0 spiro atoms. The average Bonchev–Trinajstić information content (AvgIpc) is 3.23. The number of ketones is 1. The van der Waals surface area contributed by atoms with Crippen LogP contribution in [0.5, 0.6) is 0 Å². The Balaban J connectivity index is 1.57. The Labute approximate surface area is 151 Å². The first-order valence-electron chi connectivity index (χ1n) is 8.56. The molecule has 1 atom stereocenters. The molecule has 5 heteroatoms. The predicted octanol–water partition coefficient (Wildman–Crippen LogP) is 3.79. The highest BCUT2D eigenvalue weighted by atomic mass is 16.1. The number of benzene rings is 2. The van der Waals surface area contributed by atoms with E-state index in [1.54, 1.807) is 0 Å². The lowest BCUT2D eigenvalue weighted by molar-refractivity contribution is -0.119. The highest BCUT2D eigenvalue weighted by molar-refractivity contribution is 5.89. The summed E-state index contributed by atoms with van der Waals surface area (Å²) in [5.74, 6) is -0.450. The summed E-state index contributed by atoms with van der Waals surface area (Å²) in [5.41, 5.74) is 2.82. The first-order chi connectivity index (χ1) is 12.7. The SMILES string of the molecule is Cn1c(C(C#N)C(=O)CCn2ccc3ccccc32)nc2ccccc21. The normalized spacial score (nSPS) is 12.3. The number of rotatable bonds is 5. The van der Waals surface area contributed by atoms with Gasteiger partial charge in [-0.3, -0.25) is 4.79 Å². The fraction of sp³-hybridized carbons (Fsp3) is 0.190. The monoisotopic (exact) mass is 342 g/mol. The molecule has 2 aromatic heterocycles. The molecule has 0 bridgehead atoms. The lowest BCUT2D eigenvalue weighted by Crippen LogP contribution is -2.17. The van der Waals surface area contributed by atoms with Gasteiger partial charge < -0.3 is 9.13 Å². The van der Waals surface area contributed by atoms with Crippen LogP contribution in [0.3, 0.4) is 0 Å². The van der Waals surface area contributed by atoms with E-state index in [4.69, 9.17) is 0 Å². The molecular weight excluding hydrogens is 324 g/mol. The zero-order valence-corrected chi connectivity index (χ0v) is 14.5. The van der Waals surface area contributed by atoms with E-state index in [-0.39, 0.29) is 5.78 Å². The summed E-state index contributed by atoms with van der Waals surface area (Å²) in [6.45, 7) is 0.550. The minimum Gasteiger partial charge on any atom is -0.347 e. The maximum Gasteiger partial charge on any atom is 0.162 e. The van der Waals surface area contributed by atoms with E-state index >= 15 is 0 Å². The molecule has 5 nitrogen and oxygen atoms in total. The predicted molar refractivity (Wildman–Crippen MR) is 101 cm³/mol. The summed E-state index contributed by atoms with van der Waals surface area (Å²) < 4.78 is 3.89. The number of fused-ring (bicyclic) bond motifs is 2. The first kappa shape index (κ1) is 16.1. The number of imidazole rings is 1. The smallest absolute Gasteiger partial charge is 0.162 e. The standard InChI is InChI=1S/C21H18N4O/c1-24-19-9-5-3-7-17(19)23-21(24)16(14-22)20(26)11-13-25-12-10-15-6-2-4-8-18(15)25/h2-10,12,16H,11,13H2,1H3. The van der Waals surface area contributed by atoms with Crippen molar-refractivity contribution in [3.8, 4) is 6.07 Å². The van der Waals surface area contributed by atoms with E-state index in [2.05, 4.69) is 15.6 Å². The van der Waals surface area contributed by atoms with Crippen molar-refractivity contribution < 1.29 is 4.79 Å². The van der Waals surface area contributed by atoms with Crippen molar-refractivity contribution in [2.45, 2.75) is 18.9 Å². The second kappa shape index (κ2) is 6.49. The topological polar surface area (TPSA) is 63.6 Å². The molecule has 4 aromatic rings. The number of hydrogen-bond acceptors (Lipinski definition) is 3. The second-order valence-electron chi connectivity index (χ2n) is 6.36. The van der Waals surface area contributed by atoms with Crippen LogP contribution in [0, 0.1) is 11.3 Å². The van der Waals surface area contributed by atoms with Crippen LogP contribution in [-0.2, 0) is 18.4 Å². The third kappa shape index (κ3) is 2.66. The molecule has 0 N–H and O–H groups in total. The van der Waals surface area contributed by atoms with Crippen molar-refractivity contribution in [2.24, 2.45) is 7.05 Å². The molecule has 0 amide bonds. The maximum absolute atomic E-state index is 12.7. The number of nitrogens with zero attached hydrogens (tertiary/aromatic N) is 4. The molecule has 0 aliphatic rings. The Morgan fingerprint density at radius 2 is 1.85 bits per heavy atom. The zero-order chi connectivity index (χ0) is 18.1. The third-order valence-electron chi connectivity index (χ3n) is 4.81. The quantitative estimate of drug-likeness (QED) is 0.554. The molecule has 0 fully saturated rings. The summed E-state index contributed by atoms with van der Waals surface area (Å²) in [5, 5.41) is 10.7. The largest absolute Gasteiger partial charge is 0.347 e. The van der Waals surface area contributed by atoms with E-state index in [1.807, 2.05) is 72.4 Å². The van der Waals surface area contributed by atoms with Gasteiger partial charge in [-0.05, 0) is 29.7 Å². The number of aryl methyl sites for hydroxylation is 2. The van der Waals surface area contributed by atoms with Gasteiger partial charge in [0.05, 0.1) is 17.1 Å². The first-order valence-corrected chi connectivity index (χ1v) is 8.56. The van der Waals surface area contributed by atoms with Crippen molar-refractivity contribution in [1.82, 2.24) is 14.1 Å². The summed E-state index contributed by atoms with van der Waals surface area (Å²) in [6.07, 6.45) is 2.27. The number of hydrogen-bond donors (Lipinski definition) is 0. The van der Waals surface area contributed by atoms with Gasteiger partial charge in [-0.15, -0.1) is 0 Å². The van der Waals surface area contributed by atoms with Crippen LogP contribution in [0.2, 0.25) is 0 Å². The van der Waals surface area contributed by atoms with Crippen LogP contribution in [0.25, 0.3) is 21.9 Å². The Bertz CT molecular complexity index is 1150. The number of nitriles is 1. The third-order valence-corrected chi connectivity index (χ3v) is 4.81. The molecule has 4 rings (SSSR count). The number of carbonyl (C=O) groups excluding carboxylic acids is 1. The lowest BCUT2D eigenvalue weighted by atomic mass is 10.0. The van der Waals surface area contributed by atoms with Crippen LogP contribution in [0.15, 0.2) is 60.8 Å². The summed E-state index contributed by atoms with van der Waals surface area (Å²) >= 11 is 0. The van der Waals surface area contributed by atoms with E-state index in [9.17, 15) is 10.1 Å². The Hall–Kier alpha value is -3.39. The molecule has 128 valence electrons. The van der Waals surface area contributed by atoms with Crippen LogP contribution >= 0.6 is 0 Å². The van der Waals surface area contributed by atoms with Crippen molar-refractivity contribution in [2.75, 3.05) is 0 Å². The fourth-order valence-electron chi connectivity index (χ4n) is 3.41. The molecular formula is C21H18N4O. The highest BCUT2D eigenvalue weighted by Gasteiger charge is 2.25. The number of para-hydroxylation sites is 3. The van der Waals surface area contributed by atoms with Gasteiger partial charge in [0, 0.05) is 31.7 Å². The van der Waals surface area contributed by atoms with Gasteiger partial charge in [0.25, 0.3) is 0 Å². The molecule has 0 saturated carbocycles. The Morgan fingerprint density at radius 3 is 2.62 bits per heavy atom. The molecule has 0 saturated heterocycles. The van der Waals surface area contributed by atoms with Gasteiger partial charge in [0.2, 0.25) is 0 Å². The maximum atomic E-state index is 12.7. The van der Waals surface area contributed by atoms with Crippen molar-refractivity contribution in [3.05, 3.63) is 66.6 Å². The van der Waals surface area contributed by atoms with Crippen molar-refractivity contribution in [1.29, 1.82) is 5.26 Å². The molecule has 0 aliphatic heterocycles. The van der Waals surface area contributed by atoms with Gasteiger partial charge in [0.15, 0.2) is 11.7 Å². The molecule has 1 unspecified atom stereocenters. The Kier molecular flexibility index (Phi) is 4.02. The van der Waals surface area contributed by atoms with E-state index < -0.39 is 5.92 Å². The zero-order valence-electron chi connectivity index (χ0n) is 14.5. The van der Waals surface area contributed by atoms with Crippen molar-refractivity contribution in [3.63, 3.8) is 0 Å². The molecule has 2 aromatic carbocycles. The minimum absolute atomic E-state index is 0.108. The van der Waals surface area contributed by atoms with E-state index in [0.29, 0.717) is 18.8 Å². The summed E-state index contributed by atoms with van der Waals surface area (Å²) in [7, 11) is 1.85. The number of aromatic nitrogens is 3. The van der Waals surface area contributed by atoms with E-state index in [1.165, 1.54) is 0 Å². The summed E-state index contributed by atoms with van der Waals surface area (Å²) in [4.78, 5) is 17.3. The van der Waals surface area contributed by atoms with Crippen molar-refractivity contribution >= 4 is 27.7 Å². The van der Waals surface area contributed by atoms with Gasteiger partial charge in [0.1, 0.15) is 5.82 Å². The minimum atomic E-state index is -0.853. The van der Waals surface area contributed by atoms with E-state index in [0.717, 1.165) is 21.9 Å². The molecule has 0 radical (unpaired) electrons. The molecule has 26 heavy (non-hydrogen) atoms. The average molecular weight is 342 g/mol. The van der Waals surface area contributed by atoms with Gasteiger partial charge in [-0.2, -0.15) is 5.26 Å². The lowest BCUT2D eigenvalue weighted by Gasteiger charge is -2.10. The van der Waals surface area contributed by atoms with Gasteiger partial charge in [-0.1, -0.05) is 30.3 Å². The number of carbonyl (C=O) groups is 1. The molecule has 0 aliphatic carbocycles. The van der Waals surface area contributed by atoms with Crippen LogP contribution in [0.1, 0.15) is 18.2 Å². The van der Waals surface area contributed by atoms with Crippen LogP contribution < -0.4 is 0 Å². The summed E-state index contributed by atoms with van der Waals surface area (Å²) in [6, 6.07) is 19.9. The fourth-order valence-corrected chi connectivity index (χ4v) is 3.41. The van der Waals surface area contributed by atoms with Crippen LogP contribution in [0.4, 0.5) is 0 Å².